The SMILES string of the molecule is O=C(NCCCOCc1ccco1)C1CCN(C(=O)c2ccc(F)cc2F)CC1. The third-order valence-corrected chi connectivity index (χ3v) is 4.90. The Kier molecular flexibility index (Phi) is 7.35. The molecule has 1 aromatic carbocycles. The van der Waals surface area contributed by atoms with Crippen molar-refractivity contribution in [3.05, 3.63) is 59.6 Å². The molecule has 0 bridgehead atoms. The average Bonchev–Trinajstić information content (AvgIpc) is 3.23. The van der Waals surface area contributed by atoms with Gasteiger partial charge in [0.1, 0.15) is 24.0 Å². The first-order valence-corrected chi connectivity index (χ1v) is 9.67. The number of amides is 2. The minimum atomic E-state index is -0.871. The van der Waals surface area contributed by atoms with Gasteiger partial charge in [0.2, 0.25) is 5.91 Å². The van der Waals surface area contributed by atoms with Crippen molar-refractivity contribution in [2.75, 3.05) is 26.2 Å². The number of furan rings is 1. The van der Waals surface area contributed by atoms with Gasteiger partial charge in [-0.15, -0.1) is 0 Å². The van der Waals surface area contributed by atoms with Crippen LogP contribution in [-0.2, 0) is 16.1 Å². The maximum Gasteiger partial charge on any atom is 0.256 e. The summed E-state index contributed by atoms with van der Waals surface area (Å²) in [6.07, 6.45) is 3.30. The lowest BCUT2D eigenvalue weighted by Gasteiger charge is -2.31. The molecule has 2 amide bonds. The molecular weight excluding hydrogens is 382 g/mol. The van der Waals surface area contributed by atoms with Crippen molar-refractivity contribution in [2.24, 2.45) is 5.92 Å². The summed E-state index contributed by atoms with van der Waals surface area (Å²) in [6.45, 7) is 2.15. The summed E-state index contributed by atoms with van der Waals surface area (Å²) in [5.74, 6) is -1.53. The van der Waals surface area contributed by atoms with Crippen molar-refractivity contribution in [3.63, 3.8) is 0 Å². The monoisotopic (exact) mass is 406 g/mol. The first-order chi connectivity index (χ1) is 14.0. The van der Waals surface area contributed by atoms with Crippen LogP contribution in [0.1, 0.15) is 35.4 Å². The lowest BCUT2D eigenvalue weighted by Crippen LogP contribution is -2.43. The van der Waals surface area contributed by atoms with E-state index >= 15 is 0 Å². The Balaban J connectivity index is 1.34. The summed E-state index contributed by atoms with van der Waals surface area (Å²) in [5.41, 5.74) is -0.149. The van der Waals surface area contributed by atoms with E-state index in [0.717, 1.165) is 17.9 Å². The van der Waals surface area contributed by atoms with Crippen LogP contribution in [0.3, 0.4) is 0 Å². The third-order valence-electron chi connectivity index (χ3n) is 4.90. The summed E-state index contributed by atoms with van der Waals surface area (Å²) in [7, 11) is 0. The van der Waals surface area contributed by atoms with Crippen LogP contribution in [0.2, 0.25) is 0 Å². The third kappa shape index (κ3) is 5.87. The number of halogens is 2. The van der Waals surface area contributed by atoms with Gasteiger partial charge in [0.05, 0.1) is 11.8 Å². The number of piperidine rings is 1. The van der Waals surface area contributed by atoms with Gasteiger partial charge in [-0.25, -0.2) is 8.78 Å². The molecule has 1 aliphatic heterocycles. The number of carbonyl (C=O) groups excluding carboxylic acids is 2. The summed E-state index contributed by atoms with van der Waals surface area (Å²) in [4.78, 5) is 26.2. The van der Waals surface area contributed by atoms with Gasteiger partial charge in [-0.05, 0) is 43.5 Å². The van der Waals surface area contributed by atoms with Gasteiger partial charge in [-0.2, -0.15) is 0 Å². The van der Waals surface area contributed by atoms with Crippen LogP contribution in [-0.4, -0.2) is 43.0 Å². The van der Waals surface area contributed by atoms with E-state index in [1.54, 1.807) is 12.3 Å². The number of hydrogen-bond acceptors (Lipinski definition) is 4. The van der Waals surface area contributed by atoms with Crippen LogP contribution in [0.4, 0.5) is 8.78 Å². The van der Waals surface area contributed by atoms with Crippen molar-refractivity contribution in [2.45, 2.75) is 25.9 Å². The largest absolute Gasteiger partial charge is 0.467 e. The Morgan fingerprint density at radius 3 is 2.69 bits per heavy atom. The normalized spacial score (nSPS) is 14.8. The second-order valence-corrected chi connectivity index (χ2v) is 6.97. The van der Waals surface area contributed by atoms with Crippen molar-refractivity contribution in [1.29, 1.82) is 0 Å². The molecule has 2 heterocycles. The number of nitrogens with one attached hydrogen (secondary N) is 1. The minimum Gasteiger partial charge on any atom is -0.467 e. The molecule has 156 valence electrons. The average molecular weight is 406 g/mol. The minimum absolute atomic E-state index is 0.0453. The molecule has 0 aliphatic carbocycles. The molecule has 8 heteroatoms. The highest BCUT2D eigenvalue weighted by atomic mass is 19.1. The molecule has 2 aromatic rings. The lowest BCUT2D eigenvalue weighted by atomic mass is 9.95. The molecule has 0 spiro atoms. The Hall–Kier alpha value is -2.74. The van der Waals surface area contributed by atoms with Crippen LogP contribution in [0.25, 0.3) is 0 Å². The van der Waals surface area contributed by atoms with Crippen molar-refractivity contribution < 1.29 is 27.5 Å². The van der Waals surface area contributed by atoms with Gasteiger partial charge < -0.3 is 19.4 Å². The Bertz CT molecular complexity index is 818. The summed E-state index contributed by atoms with van der Waals surface area (Å²) < 4.78 is 37.4. The first-order valence-electron chi connectivity index (χ1n) is 9.67. The number of ether oxygens (including phenoxy) is 1. The molecule has 1 aliphatic rings. The van der Waals surface area contributed by atoms with Crippen LogP contribution < -0.4 is 5.32 Å². The van der Waals surface area contributed by atoms with Gasteiger partial charge in [0.15, 0.2) is 0 Å². The number of benzene rings is 1. The zero-order valence-electron chi connectivity index (χ0n) is 16.0. The van der Waals surface area contributed by atoms with E-state index in [-0.39, 0.29) is 17.4 Å². The van der Waals surface area contributed by atoms with Crippen LogP contribution >= 0.6 is 0 Å². The summed E-state index contributed by atoms with van der Waals surface area (Å²) in [6, 6.07) is 6.55. The maximum atomic E-state index is 13.8. The molecule has 0 unspecified atom stereocenters. The molecule has 3 rings (SSSR count). The standard InChI is InChI=1S/C21H24F2N2O4/c22-16-4-5-18(19(23)13-16)21(27)25-9-6-15(7-10-25)20(26)24-8-2-11-28-14-17-3-1-12-29-17/h1,3-5,12-13,15H,2,6-11,14H2,(H,24,26). The number of nitrogens with zero attached hydrogens (tertiary/aromatic N) is 1. The van der Waals surface area contributed by atoms with E-state index in [9.17, 15) is 18.4 Å². The fraction of sp³-hybridized carbons (Fsp3) is 0.429. The number of rotatable bonds is 8. The predicted molar refractivity (Wildman–Crippen MR) is 101 cm³/mol. The van der Waals surface area contributed by atoms with Crippen molar-refractivity contribution >= 4 is 11.8 Å². The zero-order valence-corrected chi connectivity index (χ0v) is 16.0. The van der Waals surface area contributed by atoms with E-state index in [1.165, 1.54) is 4.90 Å². The van der Waals surface area contributed by atoms with Gasteiger partial charge in [0.25, 0.3) is 5.91 Å². The predicted octanol–water partition coefficient (Wildman–Crippen LogP) is 3.13. The highest BCUT2D eigenvalue weighted by Crippen LogP contribution is 2.20. The van der Waals surface area contributed by atoms with Gasteiger partial charge in [-0.1, -0.05) is 0 Å². The molecule has 29 heavy (non-hydrogen) atoms. The highest BCUT2D eigenvalue weighted by molar-refractivity contribution is 5.94. The number of hydrogen-bond donors (Lipinski definition) is 1. The first kappa shape index (κ1) is 21.0. The summed E-state index contributed by atoms with van der Waals surface area (Å²) in [5, 5.41) is 2.89. The second-order valence-electron chi connectivity index (χ2n) is 6.97. The quantitative estimate of drug-likeness (QED) is 0.684. The molecular formula is C21H24F2N2O4. The maximum absolute atomic E-state index is 13.8. The van der Waals surface area contributed by atoms with Crippen LogP contribution in [0.5, 0.6) is 0 Å². The topological polar surface area (TPSA) is 71.8 Å². The number of carbonyl (C=O) groups is 2. The molecule has 1 N–H and O–H groups in total. The lowest BCUT2D eigenvalue weighted by molar-refractivity contribution is -0.126. The van der Waals surface area contributed by atoms with Gasteiger partial charge in [0, 0.05) is 38.2 Å². The molecule has 6 nitrogen and oxygen atoms in total. The van der Waals surface area contributed by atoms with Crippen LogP contribution in [0.15, 0.2) is 41.0 Å². The molecule has 0 radical (unpaired) electrons. The Morgan fingerprint density at radius 1 is 1.21 bits per heavy atom. The van der Waals surface area contributed by atoms with E-state index in [0.29, 0.717) is 58.2 Å². The van der Waals surface area contributed by atoms with E-state index in [2.05, 4.69) is 5.32 Å². The molecule has 1 saturated heterocycles. The van der Waals surface area contributed by atoms with E-state index < -0.39 is 17.5 Å². The molecule has 1 aromatic heterocycles. The fourth-order valence-corrected chi connectivity index (χ4v) is 3.28. The van der Waals surface area contributed by atoms with Crippen molar-refractivity contribution in [1.82, 2.24) is 10.2 Å². The van der Waals surface area contributed by atoms with Gasteiger partial charge in [-0.3, -0.25) is 9.59 Å². The summed E-state index contributed by atoms with van der Waals surface area (Å²) >= 11 is 0. The molecule has 1 fully saturated rings. The number of likely N-dealkylation sites (tertiary alicyclic amines) is 1. The van der Waals surface area contributed by atoms with Gasteiger partial charge >= 0.3 is 0 Å². The Labute approximate surface area is 167 Å². The van der Waals surface area contributed by atoms with E-state index in [4.69, 9.17) is 9.15 Å². The van der Waals surface area contributed by atoms with Crippen LogP contribution in [0, 0.1) is 17.6 Å². The molecule has 0 atom stereocenters. The zero-order chi connectivity index (χ0) is 20.6. The smallest absolute Gasteiger partial charge is 0.256 e. The molecule has 0 saturated carbocycles. The highest BCUT2D eigenvalue weighted by Gasteiger charge is 2.28. The Morgan fingerprint density at radius 2 is 2.00 bits per heavy atom. The van der Waals surface area contributed by atoms with E-state index in [1.807, 2.05) is 6.07 Å². The fourth-order valence-electron chi connectivity index (χ4n) is 3.28. The second kappa shape index (κ2) is 10.2. The van der Waals surface area contributed by atoms with Crippen molar-refractivity contribution in [3.8, 4) is 0 Å².